The molecular formula is C10H20O5S. The molecule has 0 aliphatic rings. The molecule has 0 spiro atoms. The Morgan fingerprint density at radius 1 is 1.12 bits per heavy atom. The Morgan fingerprint density at radius 3 is 2.12 bits per heavy atom. The minimum Gasteiger partial charge on any atom is -0.465 e. The van der Waals surface area contributed by atoms with E-state index in [4.69, 9.17) is 20.1 Å². The number of hydrogen-bond acceptors (Lipinski definition) is 6. The van der Waals surface area contributed by atoms with Crippen LogP contribution in [0.15, 0.2) is 0 Å². The molecule has 96 valence electrons. The molecular weight excluding hydrogens is 232 g/mol. The summed E-state index contributed by atoms with van der Waals surface area (Å²) in [6.07, 6.45) is 1.83. The van der Waals surface area contributed by atoms with Crippen molar-refractivity contribution in [3.8, 4) is 0 Å². The van der Waals surface area contributed by atoms with Gasteiger partial charge >= 0.3 is 5.97 Å². The Hall–Kier alpha value is -0.300. The average Bonchev–Trinajstić information content (AvgIpc) is 2.32. The fourth-order valence-corrected chi connectivity index (χ4v) is 1.20. The van der Waals surface area contributed by atoms with Gasteiger partial charge in [-0.1, -0.05) is 0 Å². The molecule has 0 radical (unpaired) electrons. The van der Waals surface area contributed by atoms with Crippen LogP contribution >= 0.6 is 12.6 Å². The van der Waals surface area contributed by atoms with Gasteiger partial charge in [0.1, 0.15) is 6.61 Å². The van der Waals surface area contributed by atoms with E-state index in [-0.39, 0.29) is 12.6 Å². The number of aliphatic hydroxyl groups is 3. The zero-order chi connectivity index (χ0) is 12.4. The normalized spacial score (nSPS) is 11.5. The molecule has 0 aliphatic heterocycles. The Balaban J connectivity index is 3.87. The van der Waals surface area contributed by atoms with Gasteiger partial charge in [0.15, 0.2) is 0 Å². The van der Waals surface area contributed by atoms with E-state index in [1.807, 2.05) is 0 Å². The first-order valence-electron chi connectivity index (χ1n) is 5.23. The number of esters is 1. The molecule has 0 saturated carbocycles. The molecule has 0 atom stereocenters. The molecule has 6 heteroatoms. The van der Waals surface area contributed by atoms with Crippen molar-refractivity contribution in [3.63, 3.8) is 0 Å². The van der Waals surface area contributed by atoms with Gasteiger partial charge in [0, 0.05) is 6.42 Å². The lowest BCUT2D eigenvalue weighted by Gasteiger charge is -2.26. The zero-order valence-electron chi connectivity index (χ0n) is 9.26. The van der Waals surface area contributed by atoms with Gasteiger partial charge in [-0.25, -0.2) is 0 Å². The smallest absolute Gasteiger partial charge is 0.305 e. The highest BCUT2D eigenvalue weighted by Crippen LogP contribution is 2.15. The third-order valence-electron chi connectivity index (χ3n) is 2.33. The maximum atomic E-state index is 11.2. The summed E-state index contributed by atoms with van der Waals surface area (Å²) in [6, 6.07) is 0. The van der Waals surface area contributed by atoms with Crippen LogP contribution in [-0.4, -0.2) is 53.5 Å². The molecule has 0 aromatic rings. The predicted molar refractivity (Wildman–Crippen MR) is 62.4 cm³/mol. The summed E-state index contributed by atoms with van der Waals surface area (Å²) in [6.45, 7) is -1.45. The number of carbonyl (C=O) groups is 1. The summed E-state index contributed by atoms with van der Waals surface area (Å²) in [5, 5.41) is 26.9. The van der Waals surface area contributed by atoms with Crippen LogP contribution in [0.3, 0.4) is 0 Å². The molecule has 0 bridgehead atoms. The van der Waals surface area contributed by atoms with Crippen molar-refractivity contribution in [2.45, 2.75) is 19.3 Å². The fourth-order valence-electron chi connectivity index (χ4n) is 0.974. The molecule has 0 aliphatic carbocycles. The number of hydrogen-bond donors (Lipinski definition) is 4. The van der Waals surface area contributed by atoms with Crippen LogP contribution in [0.25, 0.3) is 0 Å². The molecule has 3 N–H and O–H groups in total. The molecule has 0 aromatic heterocycles. The monoisotopic (exact) mass is 252 g/mol. The first-order valence-corrected chi connectivity index (χ1v) is 5.86. The predicted octanol–water partition coefficient (Wildman–Crippen LogP) is -0.407. The molecule has 0 amide bonds. The second-order valence-electron chi connectivity index (χ2n) is 3.82. The van der Waals surface area contributed by atoms with Gasteiger partial charge in [0.05, 0.1) is 25.2 Å². The zero-order valence-corrected chi connectivity index (χ0v) is 10.2. The van der Waals surface area contributed by atoms with Crippen LogP contribution in [0.2, 0.25) is 0 Å². The molecule has 0 aromatic carbocycles. The first kappa shape index (κ1) is 15.7. The number of unbranched alkanes of at least 4 members (excludes halogenated alkanes) is 1. The Morgan fingerprint density at radius 2 is 1.69 bits per heavy atom. The number of carbonyl (C=O) groups excluding carboxylic acids is 1. The van der Waals surface area contributed by atoms with Crippen LogP contribution in [0, 0.1) is 5.41 Å². The minimum absolute atomic E-state index is 0.170. The van der Waals surface area contributed by atoms with Gasteiger partial charge in [0.25, 0.3) is 0 Å². The second-order valence-corrected chi connectivity index (χ2v) is 4.26. The molecule has 0 unspecified atom stereocenters. The van der Waals surface area contributed by atoms with E-state index in [9.17, 15) is 4.79 Å². The number of thiol groups is 1. The van der Waals surface area contributed by atoms with E-state index in [1.54, 1.807) is 0 Å². The largest absolute Gasteiger partial charge is 0.465 e. The van der Waals surface area contributed by atoms with Crippen molar-refractivity contribution < 1.29 is 24.9 Å². The van der Waals surface area contributed by atoms with E-state index in [0.29, 0.717) is 12.8 Å². The molecule has 5 nitrogen and oxygen atoms in total. The van der Waals surface area contributed by atoms with E-state index >= 15 is 0 Å². The van der Waals surface area contributed by atoms with E-state index in [0.717, 1.165) is 12.2 Å². The Labute approximate surface area is 101 Å². The highest BCUT2D eigenvalue weighted by molar-refractivity contribution is 7.80. The topological polar surface area (TPSA) is 87.0 Å². The van der Waals surface area contributed by atoms with Crippen molar-refractivity contribution in [1.29, 1.82) is 0 Å². The molecule has 0 rings (SSSR count). The summed E-state index contributed by atoms with van der Waals surface area (Å²) in [4.78, 5) is 11.2. The summed E-state index contributed by atoms with van der Waals surface area (Å²) in [5.41, 5.74) is -1.14. The summed E-state index contributed by atoms with van der Waals surface area (Å²) >= 11 is 4.02. The van der Waals surface area contributed by atoms with Crippen molar-refractivity contribution in [2.24, 2.45) is 5.41 Å². The third kappa shape index (κ3) is 5.69. The summed E-state index contributed by atoms with van der Waals surface area (Å²) in [7, 11) is 0. The van der Waals surface area contributed by atoms with Gasteiger partial charge < -0.3 is 20.1 Å². The van der Waals surface area contributed by atoms with Crippen LogP contribution in [0.1, 0.15) is 19.3 Å². The Kier molecular flexibility index (Phi) is 8.64. The fraction of sp³-hybridized carbons (Fsp3) is 0.900. The van der Waals surface area contributed by atoms with Gasteiger partial charge in [-0.3, -0.25) is 4.79 Å². The number of ether oxygens (including phenoxy) is 1. The van der Waals surface area contributed by atoms with E-state index in [1.165, 1.54) is 0 Å². The van der Waals surface area contributed by atoms with E-state index < -0.39 is 25.2 Å². The molecule has 0 saturated heterocycles. The minimum atomic E-state index is -1.14. The Bertz CT molecular complexity index is 185. The highest BCUT2D eigenvalue weighted by Gasteiger charge is 2.29. The van der Waals surface area contributed by atoms with Gasteiger partial charge in [-0.2, -0.15) is 12.6 Å². The van der Waals surface area contributed by atoms with Gasteiger partial charge in [-0.05, 0) is 18.6 Å². The lowest BCUT2D eigenvalue weighted by Crippen LogP contribution is -2.39. The average molecular weight is 252 g/mol. The van der Waals surface area contributed by atoms with Crippen molar-refractivity contribution in [3.05, 3.63) is 0 Å². The number of rotatable bonds is 9. The summed E-state index contributed by atoms with van der Waals surface area (Å²) < 4.78 is 4.88. The van der Waals surface area contributed by atoms with Gasteiger partial charge in [-0.15, -0.1) is 0 Å². The van der Waals surface area contributed by atoms with Crippen LogP contribution in [-0.2, 0) is 9.53 Å². The molecule has 0 heterocycles. The van der Waals surface area contributed by atoms with Crippen molar-refractivity contribution in [2.75, 3.05) is 32.2 Å². The second kappa shape index (κ2) is 8.81. The van der Waals surface area contributed by atoms with Crippen LogP contribution < -0.4 is 0 Å². The lowest BCUT2D eigenvalue weighted by atomic mass is 9.93. The summed E-state index contributed by atoms with van der Waals surface area (Å²) in [5.74, 6) is 0.336. The van der Waals surface area contributed by atoms with Crippen molar-refractivity contribution >= 4 is 18.6 Å². The maximum Gasteiger partial charge on any atom is 0.305 e. The number of aliphatic hydroxyl groups excluding tert-OH is 3. The van der Waals surface area contributed by atoms with Crippen molar-refractivity contribution in [1.82, 2.24) is 0 Å². The van der Waals surface area contributed by atoms with Gasteiger partial charge in [0.2, 0.25) is 0 Å². The quantitative estimate of drug-likeness (QED) is 0.255. The lowest BCUT2D eigenvalue weighted by molar-refractivity contribution is -0.151. The standard InChI is InChI=1S/C10H20O5S/c11-5-10(6-12,7-13)8-15-9(14)3-1-2-4-16/h11-13,16H,1-8H2. The third-order valence-corrected chi connectivity index (χ3v) is 2.65. The molecule has 16 heavy (non-hydrogen) atoms. The van der Waals surface area contributed by atoms with Crippen LogP contribution in [0.5, 0.6) is 0 Å². The van der Waals surface area contributed by atoms with Crippen LogP contribution in [0.4, 0.5) is 0 Å². The first-order chi connectivity index (χ1) is 7.64. The molecule has 0 fully saturated rings. The SMILES string of the molecule is O=C(CCCCS)OCC(CO)(CO)CO. The highest BCUT2D eigenvalue weighted by atomic mass is 32.1. The van der Waals surface area contributed by atoms with E-state index in [2.05, 4.69) is 12.6 Å². The maximum absolute atomic E-state index is 11.2.